The van der Waals surface area contributed by atoms with Gasteiger partial charge in [-0.1, -0.05) is 49.0 Å². The van der Waals surface area contributed by atoms with E-state index in [1.807, 2.05) is 30.0 Å². The highest BCUT2D eigenvalue weighted by molar-refractivity contribution is 8.00. The first-order chi connectivity index (χ1) is 9.60. The fraction of sp³-hybridized carbons (Fsp3) is 0.625. The van der Waals surface area contributed by atoms with Crippen LogP contribution in [0.25, 0.3) is 0 Å². The van der Waals surface area contributed by atoms with Gasteiger partial charge in [-0.15, -0.1) is 0 Å². The van der Waals surface area contributed by atoms with Crippen LogP contribution in [0, 0.1) is 0 Å². The molecule has 0 heterocycles. The van der Waals surface area contributed by atoms with Crippen molar-refractivity contribution >= 4 is 35.0 Å². The van der Waals surface area contributed by atoms with Gasteiger partial charge in [0.05, 0.1) is 0 Å². The van der Waals surface area contributed by atoms with Gasteiger partial charge in [-0.05, 0) is 43.2 Å². The average Bonchev–Trinajstić information content (AvgIpc) is 2.91. The average molecular weight is 332 g/mol. The van der Waals surface area contributed by atoms with Crippen molar-refractivity contribution in [1.82, 2.24) is 5.32 Å². The standard InChI is InChI=1S/C16H23Cl2NS/c1-3-15(13-7-6-12(17)10-14(13)18)19-11-16(20-2)8-4-5-9-16/h6-7,10,15,19H,3-5,8-9,11H2,1-2H3. The summed E-state index contributed by atoms with van der Waals surface area (Å²) in [4.78, 5) is 0. The summed E-state index contributed by atoms with van der Waals surface area (Å²) in [6.45, 7) is 3.26. The smallest absolute Gasteiger partial charge is 0.0468 e. The van der Waals surface area contributed by atoms with Gasteiger partial charge in [0, 0.05) is 27.4 Å². The van der Waals surface area contributed by atoms with E-state index >= 15 is 0 Å². The summed E-state index contributed by atoms with van der Waals surface area (Å²) in [5.74, 6) is 0. The second kappa shape index (κ2) is 7.40. The Balaban J connectivity index is 2.05. The molecule has 1 aliphatic carbocycles. The first kappa shape index (κ1) is 16.5. The number of hydrogen-bond donors (Lipinski definition) is 1. The molecule has 1 nitrogen and oxygen atoms in total. The Bertz CT molecular complexity index is 444. The predicted octanol–water partition coefficient (Wildman–Crippen LogP) is 5.71. The fourth-order valence-electron chi connectivity index (χ4n) is 3.04. The molecule has 1 aromatic carbocycles. The monoisotopic (exact) mass is 331 g/mol. The molecule has 1 fully saturated rings. The van der Waals surface area contributed by atoms with E-state index in [1.165, 1.54) is 25.7 Å². The lowest BCUT2D eigenvalue weighted by Gasteiger charge is -2.30. The van der Waals surface area contributed by atoms with E-state index < -0.39 is 0 Å². The maximum atomic E-state index is 6.34. The maximum Gasteiger partial charge on any atom is 0.0468 e. The van der Waals surface area contributed by atoms with Gasteiger partial charge in [-0.3, -0.25) is 0 Å². The quantitative estimate of drug-likeness (QED) is 0.716. The Morgan fingerprint density at radius 2 is 2.00 bits per heavy atom. The molecule has 0 aliphatic heterocycles. The number of hydrogen-bond acceptors (Lipinski definition) is 2. The van der Waals surface area contributed by atoms with Gasteiger partial charge < -0.3 is 5.32 Å². The van der Waals surface area contributed by atoms with Crippen LogP contribution in [-0.2, 0) is 0 Å². The lowest BCUT2D eigenvalue weighted by Crippen LogP contribution is -2.37. The molecule has 1 atom stereocenters. The van der Waals surface area contributed by atoms with Crippen LogP contribution in [0.1, 0.15) is 50.6 Å². The Kier molecular flexibility index (Phi) is 6.09. The minimum absolute atomic E-state index is 0.310. The lowest BCUT2D eigenvalue weighted by atomic mass is 10.0. The van der Waals surface area contributed by atoms with Crippen molar-refractivity contribution in [3.05, 3.63) is 33.8 Å². The molecule has 0 spiro atoms. The molecule has 0 radical (unpaired) electrons. The van der Waals surface area contributed by atoms with Crippen molar-refractivity contribution in [3.8, 4) is 0 Å². The molecule has 0 bridgehead atoms. The highest BCUT2D eigenvalue weighted by atomic mass is 35.5. The Morgan fingerprint density at radius 3 is 2.55 bits per heavy atom. The molecule has 0 amide bonds. The SMILES string of the molecule is CCC(NCC1(SC)CCCC1)c1ccc(Cl)cc1Cl. The number of thioether (sulfide) groups is 1. The summed E-state index contributed by atoms with van der Waals surface area (Å²) < 4.78 is 0.423. The third-order valence-electron chi connectivity index (χ3n) is 4.36. The number of rotatable bonds is 6. The van der Waals surface area contributed by atoms with E-state index in [0.29, 0.717) is 15.8 Å². The normalized spacial score (nSPS) is 19.2. The van der Waals surface area contributed by atoms with Crippen LogP contribution >= 0.6 is 35.0 Å². The number of benzene rings is 1. The highest BCUT2D eigenvalue weighted by Gasteiger charge is 2.33. The van der Waals surface area contributed by atoms with Crippen LogP contribution < -0.4 is 5.32 Å². The summed E-state index contributed by atoms with van der Waals surface area (Å²) in [7, 11) is 0. The second-order valence-corrected chi connectivity index (χ2v) is 7.72. The molecule has 20 heavy (non-hydrogen) atoms. The topological polar surface area (TPSA) is 12.0 Å². The van der Waals surface area contributed by atoms with Crippen molar-refractivity contribution in [2.45, 2.75) is 49.8 Å². The second-order valence-electron chi connectivity index (χ2n) is 5.60. The molecule has 1 aromatic rings. The van der Waals surface area contributed by atoms with Crippen LogP contribution in [0.5, 0.6) is 0 Å². The molecule has 4 heteroatoms. The van der Waals surface area contributed by atoms with Gasteiger partial charge >= 0.3 is 0 Å². The molecule has 1 saturated carbocycles. The van der Waals surface area contributed by atoms with Crippen LogP contribution in [-0.4, -0.2) is 17.5 Å². The van der Waals surface area contributed by atoms with Crippen molar-refractivity contribution in [2.75, 3.05) is 12.8 Å². The summed E-state index contributed by atoms with van der Waals surface area (Å²) in [5, 5.41) is 5.20. The Hall–Kier alpha value is 0.110. The van der Waals surface area contributed by atoms with Crippen molar-refractivity contribution in [2.24, 2.45) is 0 Å². The van der Waals surface area contributed by atoms with Crippen LogP contribution in [0.3, 0.4) is 0 Å². The summed E-state index contributed by atoms with van der Waals surface area (Å²) in [5.41, 5.74) is 1.16. The first-order valence-corrected chi connectivity index (χ1v) is 9.32. The molecular weight excluding hydrogens is 309 g/mol. The largest absolute Gasteiger partial charge is 0.309 e. The molecule has 112 valence electrons. The van der Waals surface area contributed by atoms with Crippen LogP contribution in [0.15, 0.2) is 18.2 Å². The zero-order valence-electron chi connectivity index (χ0n) is 12.2. The van der Waals surface area contributed by atoms with E-state index in [9.17, 15) is 0 Å². The minimum atomic E-state index is 0.310. The molecular formula is C16H23Cl2NS. The lowest BCUT2D eigenvalue weighted by molar-refractivity contribution is 0.458. The van der Waals surface area contributed by atoms with E-state index in [0.717, 1.165) is 23.6 Å². The third-order valence-corrected chi connectivity index (χ3v) is 6.35. The van der Waals surface area contributed by atoms with E-state index in [1.54, 1.807) is 0 Å². The maximum absolute atomic E-state index is 6.34. The fourth-order valence-corrected chi connectivity index (χ4v) is 4.50. The summed E-state index contributed by atoms with van der Waals surface area (Å²) >= 11 is 14.3. The van der Waals surface area contributed by atoms with Gasteiger partial charge in [0.2, 0.25) is 0 Å². The van der Waals surface area contributed by atoms with Crippen LogP contribution in [0.4, 0.5) is 0 Å². The molecule has 0 saturated heterocycles. The van der Waals surface area contributed by atoms with E-state index in [4.69, 9.17) is 23.2 Å². The molecule has 1 aliphatic rings. The Labute approximate surface area is 136 Å². The van der Waals surface area contributed by atoms with Gasteiger partial charge in [0.1, 0.15) is 0 Å². The van der Waals surface area contributed by atoms with Gasteiger partial charge in [-0.25, -0.2) is 0 Å². The van der Waals surface area contributed by atoms with E-state index in [-0.39, 0.29) is 0 Å². The zero-order chi connectivity index (χ0) is 14.6. The summed E-state index contributed by atoms with van der Waals surface area (Å²) in [6.07, 6.45) is 8.65. The van der Waals surface area contributed by atoms with Crippen molar-refractivity contribution in [1.29, 1.82) is 0 Å². The Morgan fingerprint density at radius 1 is 1.30 bits per heavy atom. The number of nitrogens with one attached hydrogen (secondary N) is 1. The van der Waals surface area contributed by atoms with Crippen LogP contribution in [0.2, 0.25) is 10.0 Å². The van der Waals surface area contributed by atoms with Gasteiger partial charge in [0.25, 0.3) is 0 Å². The van der Waals surface area contributed by atoms with Gasteiger partial charge in [-0.2, -0.15) is 11.8 Å². The molecule has 1 unspecified atom stereocenters. The number of halogens is 2. The molecule has 0 aromatic heterocycles. The first-order valence-electron chi connectivity index (χ1n) is 7.34. The summed E-state index contributed by atoms with van der Waals surface area (Å²) in [6, 6.07) is 6.12. The highest BCUT2D eigenvalue weighted by Crippen LogP contribution is 2.40. The molecule has 2 rings (SSSR count). The van der Waals surface area contributed by atoms with Crippen molar-refractivity contribution in [3.63, 3.8) is 0 Å². The van der Waals surface area contributed by atoms with E-state index in [2.05, 4.69) is 18.5 Å². The van der Waals surface area contributed by atoms with Gasteiger partial charge in [0.15, 0.2) is 0 Å². The molecule has 1 N–H and O–H groups in total. The third kappa shape index (κ3) is 3.85. The predicted molar refractivity (Wildman–Crippen MR) is 92.2 cm³/mol. The zero-order valence-corrected chi connectivity index (χ0v) is 14.5. The van der Waals surface area contributed by atoms with Crippen molar-refractivity contribution < 1.29 is 0 Å². The minimum Gasteiger partial charge on any atom is -0.309 e.